The molecule has 5 nitrogen and oxygen atoms in total. The van der Waals surface area contributed by atoms with Gasteiger partial charge in [0.25, 0.3) is 5.91 Å². The van der Waals surface area contributed by atoms with Crippen LogP contribution in [0.2, 0.25) is 0 Å². The van der Waals surface area contributed by atoms with E-state index in [0.29, 0.717) is 15.1 Å². The molecule has 1 aromatic heterocycles. The minimum Gasteiger partial charge on any atom is -0.494 e. The molecule has 6 heteroatoms. The molecule has 2 rings (SSSR count). The first kappa shape index (κ1) is 18.4. The van der Waals surface area contributed by atoms with Crippen LogP contribution in [0.25, 0.3) is 0 Å². The third-order valence-electron chi connectivity index (χ3n) is 4.12. The summed E-state index contributed by atoms with van der Waals surface area (Å²) >= 11 is 2.08. The highest BCUT2D eigenvalue weighted by molar-refractivity contribution is 14.1. The number of carbonyl (C=O) groups excluding carboxylic acids is 1. The zero-order chi connectivity index (χ0) is 17.0. The van der Waals surface area contributed by atoms with Gasteiger partial charge in [0.1, 0.15) is 9.39 Å². The standard InChI is InChI=1S/C17H26IN3O2/c1-11-7-12(2)9-21(8-11)10-13(3)19-17(22)14-5-6-15(23-4)16(18)20-14/h5-6,11-13H,7-10H2,1-4H3,(H,19,22)/t11-,12+,13-/m1/s1. The van der Waals surface area contributed by atoms with E-state index in [2.05, 4.69) is 58.6 Å². The van der Waals surface area contributed by atoms with E-state index >= 15 is 0 Å². The first-order valence-electron chi connectivity index (χ1n) is 8.12. The summed E-state index contributed by atoms with van der Waals surface area (Å²) in [6, 6.07) is 3.58. The van der Waals surface area contributed by atoms with Crippen LogP contribution in [0.1, 0.15) is 37.7 Å². The number of halogens is 1. The summed E-state index contributed by atoms with van der Waals surface area (Å²) in [6.45, 7) is 9.76. The Morgan fingerprint density at radius 1 is 1.43 bits per heavy atom. The van der Waals surface area contributed by atoms with Crippen molar-refractivity contribution in [2.45, 2.75) is 33.2 Å². The number of carbonyl (C=O) groups is 1. The first-order chi connectivity index (χ1) is 10.9. The van der Waals surface area contributed by atoms with Crippen molar-refractivity contribution in [1.29, 1.82) is 0 Å². The Balaban J connectivity index is 1.90. The second-order valence-corrected chi connectivity index (χ2v) is 7.75. The summed E-state index contributed by atoms with van der Waals surface area (Å²) in [5.74, 6) is 2.01. The molecule has 1 fully saturated rings. The molecule has 1 aliphatic rings. The Morgan fingerprint density at radius 3 is 2.65 bits per heavy atom. The zero-order valence-electron chi connectivity index (χ0n) is 14.3. The fraction of sp³-hybridized carbons (Fsp3) is 0.647. The molecule has 0 bridgehead atoms. The van der Waals surface area contributed by atoms with Gasteiger partial charge in [-0.15, -0.1) is 0 Å². The van der Waals surface area contributed by atoms with E-state index in [-0.39, 0.29) is 11.9 Å². The second-order valence-electron chi connectivity index (χ2n) is 6.73. The second kappa shape index (κ2) is 8.28. The Labute approximate surface area is 152 Å². The van der Waals surface area contributed by atoms with Gasteiger partial charge in [0.2, 0.25) is 0 Å². The van der Waals surface area contributed by atoms with Crippen molar-refractivity contribution < 1.29 is 9.53 Å². The van der Waals surface area contributed by atoms with Gasteiger partial charge < -0.3 is 15.0 Å². The van der Waals surface area contributed by atoms with Crippen LogP contribution in [0.3, 0.4) is 0 Å². The van der Waals surface area contributed by atoms with E-state index in [4.69, 9.17) is 4.74 Å². The lowest BCUT2D eigenvalue weighted by molar-refractivity contribution is 0.0900. The minimum absolute atomic E-state index is 0.0987. The van der Waals surface area contributed by atoms with E-state index in [0.717, 1.165) is 31.5 Å². The summed E-state index contributed by atoms with van der Waals surface area (Å²) in [7, 11) is 1.60. The van der Waals surface area contributed by atoms with Crippen molar-refractivity contribution in [2.75, 3.05) is 26.7 Å². The highest BCUT2D eigenvalue weighted by Crippen LogP contribution is 2.21. The molecule has 23 heavy (non-hydrogen) atoms. The van der Waals surface area contributed by atoms with Gasteiger partial charge in [0.05, 0.1) is 7.11 Å². The van der Waals surface area contributed by atoms with Gasteiger partial charge in [-0.05, 0) is 59.9 Å². The van der Waals surface area contributed by atoms with Crippen molar-refractivity contribution in [2.24, 2.45) is 11.8 Å². The normalized spacial score (nSPS) is 23.3. The van der Waals surface area contributed by atoms with Crippen LogP contribution in [0.5, 0.6) is 5.75 Å². The van der Waals surface area contributed by atoms with Crippen LogP contribution in [-0.4, -0.2) is 48.6 Å². The summed E-state index contributed by atoms with van der Waals surface area (Å²) < 4.78 is 5.87. The van der Waals surface area contributed by atoms with Crippen LogP contribution in [0, 0.1) is 15.5 Å². The lowest BCUT2D eigenvalue weighted by Crippen LogP contribution is -2.47. The number of hydrogen-bond donors (Lipinski definition) is 1. The number of hydrogen-bond acceptors (Lipinski definition) is 4. The van der Waals surface area contributed by atoms with Crippen LogP contribution < -0.4 is 10.1 Å². The molecule has 0 spiro atoms. The first-order valence-corrected chi connectivity index (χ1v) is 9.20. The molecule has 1 aromatic rings. The fourth-order valence-electron chi connectivity index (χ4n) is 3.37. The molecule has 128 valence electrons. The van der Waals surface area contributed by atoms with Crippen molar-refractivity contribution >= 4 is 28.5 Å². The number of piperidine rings is 1. The van der Waals surface area contributed by atoms with Gasteiger partial charge in [-0.2, -0.15) is 0 Å². The number of aromatic nitrogens is 1. The highest BCUT2D eigenvalue weighted by atomic mass is 127. The number of pyridine rings is 1. The maximum absolute atomic E-state index is 12.3. The molecule has 0 aliphatic carbocycles. The molecule has 1 aliphatic heterocycles. The molecular weight excluding hydrogens is 405 g/mol. The van der Waals surface area contributed by atoms with Gasteiger partial charge in [0.15, 0.2) is 5.75 Å². The quantitative estimate of drug-likeness (QED) is 0.576. The molecule has 1 N–H and O–H groups in total. The van der Waals surface area contributed by atoms with Gasteiger partial charge in [0, 0.05) is 25.7 Å². The van der Waals surface area contributed by atoms with Crippen LogP contribution in [0.4, 0.5) is 0 Å². The number of amides is 1. The number of ether oxygens (including phenoxy) is 1. The average molecular weight is 431 g/mol. The smallest absolute Gasteiger partial charge is 0.270 e. The van der Waals surface area contributed by atoms with Crippen molar-refractivity contribution in [3.05, 3.63) is 21.5 Å². The summed E-state index contributed by atoms with van der Waals surface area (Å²) in [5.41, 5.74) is 0.433. The van der Waals surface area contributed by atoms with Crippen molar-refractivity contribution in [1.82, 2.24) is 15.2 Å². The zero-order valence-corrected chi connectivity index (χ0v) is 16.5. The molecule has 3 atom stereocenters. The Kier molecular flexibility index (Phi) is 6.64. The molecule has 0 aromatic carbocycles. The Bertz CT molecular complexity index is 543. The van der Waals surface area contributed by atoms with Crippen LogP contribution in [-0.2, 0) is 0 Å². The van der Waals surface area contributed by atoms with Gasteiger partial charge in [-0.25, -0.2) is 4.98 Å². The highest BCUT2D eigenvalue weighted by Gasteiger charge is 2.23. The molecule has 1 amide bonds. The summed E-state index contributed by atoms with van der Waals surface area (Å²) in [4.78, 5) is 19.1. The Morgan fingerprint density at radius 2 is 2.09 bits per heavy atom. The van der Waals surface area contributed by atoms with Crippen molar-refractivity contribution in [3.8, 4) is 5.75 Å². The molecule has 1 saturated heterocycles. The molecule has 0 radical (unpaired) electrons. The van der Waals surface area contributed by atoms with Crippen LogP contribution >= 0.6 is 22.6 Å². The lowest BCUT2D eigenvalue weighted by atomic mass is 9.92. The van der Waals surface area contributed by atoms with Gasteiger partial charge >= 0.3 is 0 Å². The number of nitrogens with zero attached hydrogens (tertiary/aromatic N) is 2. The van der Waals surface area contributed by atoms with E-state index in [1.54, 1.807) is 19.2 Å². The summed E-state index contributed by atoms with van der Waals surface area (Å²) in [6.07, 6.45) is 1.30. The van der Waals surface area contributed by atoms with E-state index in [9.17, 15) is 4.79 Å². The number of rotatable bonds is 5. The number of likely N-dealkylation sites (tertiary alicyclic amines) is 1. The predicted molar refractivity (Wildman–Crippen MR) is 99.8 cm³/mol. The van der Waals surface area contributed by atoms with E-state index < -0.39 is 0 Å². The number of methoxy groups -OCH3 is 1. The minimum atomic E-state index is -0.129. The largest absolute Gasteiger partial charge is 0.494 e. The number of nitrogens with one attached hydrogen (secondary N) is 1. The predicted octanol–water partition coefficient (Wildman–Crippen LogP) is 2.79. The maximum atomic E-state index is 12.3. The van der Waals surface area contributed by atoms with Gasteiger partial charge in [-0.3, -0.25) is 4.79 Å². The van der Waals surface area contributed by atoms with Crippen LogP contribution in [0.15, 0.2) is 12.1 Å². The average Bonchev–Trinajstić information content (AvgIpc) is 2.45. The monoisotopic (exact) mass is 431 g/mol. The van der Waals surface area contributed by atoms with Crippen molar-refractivity contribution in [3.63, 3.8) is 0 Å². The molecular formula is C17H26IN3O2. The topological polar surface area (TPSA) is 54.5 Å². The third-order valence-corrected chi connectivity index (χ3v) is 4.89. The third kappa shape index (κ3) is 5.31. The Hall–Kier alpha value is -0.890. The molecule has 0 saturated carbocycles. The molecule has 0 unspecified atom stereocenters. The van der Waals surface area contributed by atoms with Gasteiger partial charge in [-0.1, -0.05) is 13.8 Å². The van der Waals surface area contributed by atoms with E-state index in [1.165, 1.54) is 6.42 Å². The SMILES string of the molecule is COc1ccc(C(=O)N[C@H](C)CN2C[C@H](C)C[C@H](C)C2)nc1I. The summed E-state index contributed by atoms with van der Waals surface area (Å²) in [5, 5.41) is 3.05. The lowest BCUT2D eigenvalue weighted by Gasteiger charge is -2.36. The van der Waals surface area contributed by atoms with E-state index in [1.807, 2.05) is 0 Å². The maximum Gasteiger partial charge on any atom is 0.270 e. The fourth-order valence-corrected chi connectivity index (χ4v) is 4.03. The molecule has 2 heterocycles.